The maximum Gasteiger partial charge on any atom is 0.222 e. The first-order chi connectivity index (χ1) is 19.4. The van der Waals surface area contributed by atoms with E-state index in [1.807, 2.05) is 96.8 Å². The number of carbonyl (C=O) groups is 3. The van der Waals surface area contributed by atoms with Crippen LogP contribution in [0.15, 0.2) is 89.9 Å². The van der Waals surface area contributed by atoms with Crippen molar-refractivity contribution in [2.45, 2.75) is 51.0 Å². The third kappa shape index (κ3) is 5.62. The molecule has 3 aromatic rings. The normalized spacial score (nSPS) is 19.4. The molecule has 2 heterocycles. The third-order valence-corrected chi connectivity index (χ3v) is 8.26. The summed E-state index contributed by atoms with van der Waals surface area (Å²) in [6, 6.07) is 26.9. The van der Waals surface area contributed by atoms with Crippen molar-refractivity contribution in [2.24, 2.45) is 22.6 Å². The maximum absolute atomic E-state index is 14.3. The van der Waals surface area contributed by atoms with Gasteiger partial charge in [-0.1, -0.05) is 85.8 Å². The number of amides is 1. The van der Waals surface area contributed by atoms with Gasteiger partial charge in [0.25, 0.3) is 0 Å². The van der Waals surface area contributed by atoms with E-state index >= 15 is 0 Å². The summed E-state index contributed by atoms with van der Waals surface area (Å²) in [7, 11) is 0. The van der Waals surface area contributed by atoms with Crippen LogP contribution in [-0.2, 0) is 21.5 Å². The number of Topliss-reactive ketones (excluding diaryl/α,β-unsaturated/α-hetero) is 2. The largest absolute Gasteiger partial charge is 0.387 e. The van der Waals surface area contributed by atoms with E-state index in [1.54, 1.807) is 0 Å². The van der Waals surface area contributed by atoms with Crippen molar-refractivity contribution >= 4 is 23.3 Å². The van der Waals surface area contributed by atoms with Gasteiger partial charge >= 0.3 is 0 Å². The summed E-state index contributed by atoms with van der Waals surface area (Å²) in [6.45, 7) is 3.50. The number of carbonyl (C=O) groups excluding carboxylic acids is 3. The Morgan fingerprint density at radius 2 is 1.68 bits per heavy atom. The van der Waals surface area contributed by atoms with Crippen LogP contribution in [0.2, 0.25) is 0 Å². The highest BCUT2D eigenvalue weighted by Gasteiger charge is 2.48. The number of benzene rings is 3. The first kappa shape index (κ1) is 27.5. The molecule has 6 heteroatoms. The summed E-state index contributed by atoms with van der Waals surface area (Å²) in [6.07, 6.45) is 3.97. The van der Waals surface area contributed by atoms with Crippen molar-refractivity contribution in [3.8, 4) is 0 Å². The molecule has 0 bridgehead atoms. The van der Waals surface area contributed by atoms with Crippen LogP contribution in [0.25, 0.3) is 0 Å². The molecular formula is C34H37N3O3. The Morgan fingerprint density at radius 3 is 2.30 bits per heavy atom. The number of nitrogens with zero attached hydrogens (tertiary/aromatic N) is 2. The van der Waals surface area contributed by atoms with Crippen LogP contribution in [0.1, 0.15) is 66.1 Å². The highest BCUT2D eigenvalue weighted by molar-refractivity contribution is 6.03. The lowest BCUT2D eigenvalue weighted by atomic mass is 9.71. The van der Waals surface area contributed by atoms with E-state index < -0.39 is 5.54 Å². The Labute approximate surface area is 236 Å². The molecule has 2 N–H and O–H groups in total. The second kappa shape index (κ2) is 12.0. The van der Waals surface area contributed by atoms with Gasteiger partial charge in [-0.2, -0.15) is 0 Å². The predicted octanol–water partition coefficient (Wildman–Crippen LogP) is 5.34. The van der Waals surface area contributed by atoms with Gasteiger partial charge in [-0.25, -0.2) is 4.99 Å². The number of hydrogen-bond acceptors (Lipinski definition) is 5. The third-order valence-electron chi connectivity index (χ3n) is 8.26. The first-order valence-electron chi connectivity index (χ1n) is 14.3. The fourth-order valence-electron chi connectivity index (χ4n) is 6.14. The zero-order valence-corrected chi connectivity index (χ0v) is 23.1. The molecule has 2 atom stereocenters. The van der Waals surface area contributed by atoms with Crippen LogP contribution in [0, 0.1) is 11.8 Å². The van der Waals surface area contributed by atoms with Gasteiger partial charge in [0.1, 0.15) is 0 Å². The summed E-state index contributed by atoms with van der Waals surface area (Å²) in [4.78, 5) is 46.2. The summed E-state index contributed by atoms with van der Waals surface area (Å²) >= 11 is 0. The molecule has 1 fully saturated rings. The maximum atomic E-state index is 14.3. The Balaban J connectivity index is 1.34. The monoisotopic (exact) mass is 535 g/mol. The lowest BCUT2D eigenvalue weighted by Gasteiger charge is -2.37. The Hall–Kier alpha value is -4.06. The summed E-state index contributed by atoms with van der Waals surface area (Å²) in [5.41, 5.74) is 8.42. The van der Waals surface area contributed by atoms with Crippen molar-refractivity contribution in [1.82, 2.24) is 4.90 Å². The van der Waals surface area contributed by atoms with Crippen LogP contribution in [0.5, 0.6) is 0 Å². The zero-order valence-electron chi connectivity index (χ0n) is 23.1. The van der Waals surface area contributed by atoms with E-state index in [0.29, 0.717) is 37.2 Å². The average molecular weight is 536 g/mol. The van der Waals surface area contributed by atoms with E-state index in [9.17, 15) is 14.4 Å². The topological polar surface area (TPSA) is 92.8 Å². The molecule has 0 aliphatic carbocycles. The van der Waals surface area contributed by atoms with Gasteiger partial charge in [-0.05, 0) is 48.4 Å². The number of nitrogens with two attached hydrogens (primary N) is 1. The molecule has 5 rings (SSSR count). The van der Waals surface area contributed by atoms with Gasteiger partial charge < -0.3 is 10.6 Å². The molecule has 1 saturated heterocycles. The van der Waals surface area contributed by atoms with Crippen molar-refractivity contribution in [3.05, 3.63) is 107 Å². The molecule has 2 aliphatic rings. The molecule has 3 aromatic carbocycles. The van der Waals surface area contributed by atoms with Gasteiger partial charge in [-0.15, -0.1) is 0 Å². The smallest absolute Gasteiger partial charge is 0.222 e. The van der Waals surface area contributed by atoms with Crippen LogP contribution < -0.4 is 5.73 Å². The van der Waals surface area contributed by atoms with E-state index in [2.05, 4.69) is 0 Å². The summed E-state index contributed by atoms with van der Waals surface area (Å²) in [5.74, 6) is 0.261. The second-order valence-corrected chi connectivity index (χ2v) is 11.1. The minimum Gasteiger partial charge on any atom is -0.387 e. The average Bonchev–Trinajstić information content (AvgIpc) is 3.39. The fourth-order valence-corrected chi connectivity index (χ4v) is 6.14. The Kier molecular flexibility index (Phi) is 8.24. The molecular weight excluding hydrogens is 498 g/mol. The van der Waals surface area contributed by atoms with E-state index in [1.165, 1.54) is 0 Å². The number of rotatable bonds is 10. The van der Waals surface area contributed by atoms with Gasteiger partial charge in [0, 0.05) is 43.3 Å². The summed E-state index contributed by atoms with van der Waals surface area (Å²) in [5, 5.41) is 0. The number of aliphatic imine (C=N–C) groups is 1. The number of amidine groups is 1. The minimum atomic E-state index is -1.20. The predicted molar refractivity (Wildman–Crippen MR) is 157 cm³/mol. The van der Waals surface area contributed by atoms with Crippen LogP contribution in [0.3, 0.4) is 0 Å². The molecule has 1 amide bonds. The van der Waals surface area contributed by atoms with Crippen molar-refractivity contribution in [1.29, 1.82) is 0 Å². The van der Waals surface area contributed by atoms with E-state index in [4.69, 9.17) is 10.7 Å². The van der Waals surface area contributed by atoms with E-state index in [-0.39, 0.29) is 29.3 Å². The lowest BCUT2D eigenvalue weighted by molar-refractivity contribution is -0.128. The van der Waals surface area contributed by atoms with Gasteiger partial charge in [-0.3, -0.25) is 14.4 Å². The van der Waals surface area contributed by atoms with Crippen molar-refractivity contribution < 1.29 is 14.4 Å². The molecule has 0 spiro atoms. The van der Waals surface area contributed by atoms with Crippen molar-refractivity contribution in [2.75, 3.05) is 13.1 Å². The number of likely N-dealkylation sites (tertiary alicyclic amines) is 1. The van der Waals surface area contributed by atoms with Gasteiger partial charge in [0.05, 0.1) is 5.84 Å². The molecule has 40 heavy (non-hydrogen) atoms. The quantitative estimate of drug-likeness (QED) is 0.355. The highest BCUT2D eigenvalue weighted by Crippen LogP contribution is 2.41. The van der Waals surface area contributed by atoms with Crippen LogP contribution in [-0.4, -0.2) is 41.3 Å². The van der Waals surface area contributed by atoms with Gasteiger partial charge in [0.15, 0.2) is 17.1 Å². The van der Waals surface area contributed by atoms with Crippen molar-refractivity contribution in [3.63, 3.8) is 0 Å². The molecule has 2 unspecified atom stereocenters. The molecule has 0 radical (unpaired) electrons. The first-order valence-corrected chi connectivity index (χ1v) is 14.3. The Morgan fingerprint density at radius 1 is 1.00 bits per heavy atom. The Bertz CT molecular complexity index is 1360. The van der Waals surface area contributed by atoms with Gasteiger partial charge in [0.2, 0.25) is 5.91 Å². The molecule has 2 aliphatic heterocycles. The lowest BCUT2D eigenvalue weighted by Crippen LogP contribution is -2.47. The minimum absolute atomic E-state index is 0.0145. The fraction of sp³-hybridized carbons (Fsp3) is 0.353. The molecule has 0 saturated carbocycles. The molecule has 0 aromatic heterocycles. The molecule has 206 valence electrons. The SMILES string of the molecule is CC(CCCN1CCCC1=O)C(=O)c1cccc(CC2CC(N)=NC(c3ccccc3)(c3ccccc3)C2=O)c1. The highest BCUT2D eigenvalue weighted by atomic mass is 16.2. The summed E-state index contributed by atoms with van der Waals surface area (Å²) < 4.78 is 0. The standard InChI is InChI=1S/C34H37N3O3/c1-24(11-9-19-37-20-10-18-31(37)38)32(39)26-13-8-12-25(21-26)22-27-23-30(35)36-34(33(27)40,28-14-4-2-5-15-28)29-16-6-3-7-17-29/h2-8,12-17,21,24,27H,9-11,18-20,22-23H2,1H3,(H2,35,36). The second-order valence-electron chi connectivity index (χ2n) is 11.1. The molecule has 6 nitrogen and oxygen atoms in total. The van der Waals surface area contributed by atoms with Crippen LogP contribution in [0.4, 0.5) is 0 Å². The number of ketones is 2. The number of hydrogen-bond donors (Lipinski definition) is 1. The van der Waals surface area contributed by atoms with Crippen LogP contribution >= 0.6 is 0 Å². The zero-order chi connectivity index (χ0) is 28.1. The van der Waals surface area contributed by atoms with E-state index in [0.717, 1.165) is 42.5 Å².